The predicted octanol–water partition coefficient (Wildman–Crippen LogP) is 5.33. The van der Waals surface area contributed by atoms with Crippen LogP contribution in [0.4, 0.5) is 0 Å². The van der Waals surface area contributed by atoms with E-state index < -0.39 is 5.41 Å². The maximum atomic E-state index is 9.63. The first-order chi connectivity index (χ1) is 16.8. The highest BCUT2D eigenvalue weighted by Gasteiger charge is 2.30. The molecule has 0 N–H and O–H groups in total. The van der Waals surface area contributed by atoms with Crippen molar-refractivity contribution in [2.24, 2.45) is 0 Å². The molecule has 1 aliphatic heterocycles. The van der Waals surface area contributed by atoms with Crippen LogP contribution in [-0.4, -0.2) is 36.4 Å². The molecule has 8 nitrogen and oxygen atoms in total. The Morgan fingerprint density at radius 2 is 2.03 bits per heavy atom. The number of aryl methyl sites for hydroxylation is 2. The van der Waals surface area contributed by atoms with Crippen LogP contribution in [0.15, 0.2) is 47.3 Å². The summed E-state index contributed by atoms with van der Waals surface area (Å²) < 4.78 is 10.5. The lowest BCUT2D eigenvalue weighted by Crippen LogP contribution is -2.20. The van der Waals surface area contributed by atoms with Gasteiger partial charge < -0.3 is 9.30 Å². The van der Waals surface area contributed by atoms with Crippen molar-refractivity contribution in [3.8, 4) is 29.2 Å². The van der Waals surface area contributed by atoms with Gasteiger partial charge >= 0.3 is 0 Å². The van der Waals surface area contributed by atoms with E-state index in [9.17, 15) is 5.26 Å². The van der Waals surface area contributed by atoms with E-state index in [1.807, 2.05) is 60.5 Å². The van der Waals surface area contributed by atoms with Crippen LogP contribution in [0, 0.1) is 18.3 Å². The van der Waals surface area contributed by atoms with E-state index in [4.69, 9.17) is 19.8 Å². The monoisotopic (exact) mass is 531 g/mol. The molecule has 0 saturated heterocycles. The Bertz CT molecular complexity index is 1450. The Labute approximate surface area is 212 Å². The van der Waals surface area contributed by atoms with Gasteiger partial charge in [0.2, 0.25) is 5.88 Å². The highest BCUT2D eigenvalue weighted by Crippen LogP contribution is 2.39. The first-order valence-corrected chi connectivity index (χ1v) is 12.3. The van der Waals surface area contributed by atoms with Crippen LogP contribution in [-0.2, 0) is 12.0 Å². The molecular weight excluding hydrogens is 506 g/mol. The number of aromatic nitrogens is 6. The van der Waals surface area contributed by atoms with Crippen LogP contribution in [0.1, 0.15) is 55.3 Å². The summed E-state index contributed by atoms with van der Waals surface area (Å²) in [5.74, 6) is 2.04. The van der Waals surface area contributed by atoms with Gasteiger partial charge in [0.25, 0.3) is 0 Å². The lowest BCUT2D eigenvalue weighted by molar-refractivity contribution is 0.396. The van der Waals surface area contributed by atoms with Crippen LogP contribution in [0.5, 0.6) is 5.88 Å². The van der Waals surface area contributed by atoms with E-state index in [1.54, 1.807) is 13.4 Å². The summed E-state index contributed by atoms with van der Waals surface area (Å²) in [7, 11) is 1.61. The minimum absolute atomic E-state index is 0.0731. The number of hydrogen-bond acceptors (Lipinski definition) is 6. The SMILES string of the molecule is COc1nc(-c2nc3n(n2)CCC[C@H]3c2cc(C(C)(C)C#N)ccc2Br)ccc1-n1cnc(C)c1. The van der Waals surface area contributed by atoms with Gasteiger partial charge in [-0.2, -0.15) is 5.26 Å². The Morgan fingerprint density at radius 3 is 2.74 bits per heavy atom. The van der Waals surface area contributed by atoms with E-state index in [2.05, 4.69) is 33.0 Å². The third-order valence-electron chi connectivity index (χ3n) is 6.50. The van der Waals surface area contributed by atoms with Gasteiger partial charge in [0.1, 0.15) is 17.2 Å². The highest BCUT2D eigenvalue weighted by molar-refractivity contribution is 9.10. The normalized spacial score (nSPS) is 15.5. The zero-order chi connectivity index (χ0) is 24.7. The number of benzene rings is 1. The number of halogens is 1. The largest absolute Gasteiger partial charge is 0.479 e. The first kappa shape index (κ1) is 23.2. The standard InChI is InChI=1S/C26H26BrN7O/c1-16-13-33(15-29-16)22-10-9-21(30-25(22)35-4)23-31-24-18(6-5-11-34(24)32-23)19-12-17(7-8-20(19)27)26(2,3)14-28/h7-10,12-13,15,18H,5-6,11H2,1-4H3/t18-/m0/s1. The molecule has 0 saturated carbocycles. The number of fused-ring (bicyclic) bond motifs is 1. The van der Waals surface area contributed by atoms with Gasteiger partial charge in [-0.1, -0.05) is 28.1 Å². The second-order valence-electron chi connectivity index (χ2n) is 9.33. The van der Waals surface area contributed by atoms with Crippen molar-refractivity contribution in [3.05, 3.63) is 70.0 Å². The molecule has 35 heavy (non-hydrogen) atoms. The number of nitriles is 1. The summed E-state index contributed by atoms with van der Waals surface area (Å²) >= 11 is 3.73. The Balaban J connectivity index is 1.54. The van der Waals surface area contributed by atoms with Gasteiger partial charge in [0.05, 0.1) is 30.6 Å². The molecule has 0 amide bonds. The van der Waals surface area contributed by atoms with E-state index in [0.29, 0.717) is 17.4 Å². The smallest absolute Gasteiger partial charge is 0.238 e. The van der Waals surface area contributed by atoms with Gasteiger partial charge in [-0.3, -0.25) is 0 Å². The fraction of sp³-hybridized carbons (Fsp3) is 0.346. The maximum Gasteiger partial charge on any atom is 0.238 e. The van der Waals surface area contributed by atoms with E-state index in [-0.39, 0.29) is 5.92 Å². The summed E-state index contributed by atoms with van der Waals surface area (Å²) in [5.41, 5.74) is 3.92. The van der Waals surface area contributed by atoms with Crippen molar-refractivity contribution in [2.45, 2.75) is 51.5 Å². The average molecular weight is 532 g/mol. The highest BCUT2D eigenvalue weighted by atomic mass is 79.9. The molecule has 1 aliphatic rings. The molecule has 0 aliphatic carbocycles. The second-order valence-corrected chi connectivity index (χ2v) is 10.2. The fourth-order valence-corrected chi connectivity index (χ4v) is 5.00. The van der Waals surface area contributed by atoms with Crippen molar-refractivity contribution < 1.29 is 4.74 Å². The molecule has 0 radical (unpaired) electrons. The molecule has 4 aromatic rings. The number of nitrogens with zero attached hydrogens (tertiary/aromatic N) is 7. The van der Waals surface area contributed by atoms with Crippen molar-refractivity contribution in [1.29, 1.82) is 5.26 Å². The Morgan fingerprint density at radius 1 is 1.20 bits per heavy atom. The number of pyridine rings is 1. The first-order valence-electron chi connectivity index (χ1n) is 11.5. The summed E-state index contributed by atoms with van der Waals surface area (Å²) in [4.78, 5) is 13.9. The van der Waals surface area contributed by atoms with Crippen LogP contribution in [0.25, 0.3) is 17.2 Å². The molecule has 9 heteroatoms. The number of methoxy groups -OCH3 is 1. The summed E-state index contributed by atoms with van der Waals surface area (Å²) in [5, 5.41) is 14.4. The molecule has 4 heterocycles. The third-order valence-corrected chi connectivity index (χ3v) is 7.22. The van der Waals surface area contributed by atoms with Crippen molar-refractivity contribution >= 4 is 15.9 Å². The number of rotatable bonds is 5. The summed E-state index contributed by atoms with van der Waals surface area (Å²) in [6.07, 6.45) is 5.63. The third kappa shape index (κ3) is 4.23. The lowest BCUT2D eigenvalue weighted by Gasteiger charge is -2.25. The van der Waals surface area contributed by atoms with E-state index in [0.717, 1.165) is 52.2 Å². The quantitative estimate of drug-likeness (QED) is 0.345. The molecular formula is C26H26BrN7O. The van der Waals surface area contributed by atoms with Crippen LogP contribution in [0.3, 0.4) is 0 Å². The van der Waals surface area contributed by atoms with Gasteiger partial charge in [0.15, 0.2) is 5.82 Å². The van der Waals surface area contributed by atoms with Crippen molar-refractivity contribution in [1.82, 2.24) is 29.3 Å². The zero-order valence-corrected chi connectivity index (χ0v) is 21.7. The number of ether oxygens (including phenoxy) is 1. The summed E-state index contributed by atoms with van der Waals surface area (Å²) in [6, 6.07) is 12.4. The summed E-state index contributed by atoms with van der Waals surface area (Å²) in [6.45, 7) is 6.63. The molecule has 1 aromatic carbocycles. The molecule has 178 valence electrons. The topological polar surface area (TPSA) is 94.4 Å². The maximum absolute atomic E-state index is 9.63. The minimum Gasteiger partial charge on any atom is -0.479 e. The molecule has 0 bridgehead atoms. The van der Waals surface area contributed by atoms with Gasteiger partial charge in [-0.25, -0.2) is 19.6 Å². The number of hydrogen-bond donors (Lipinski definition) is 0. The molecule has 5 rings (SSSR count). The fourth-order valence-electron chi connectivity index (χ4n) is 4.48. The molecule has 0 fully saturated rings. The van der Waals surface area contributed by atoms with Gasteiger partial charge in [0, 0.05) is 23.1 Å². The van der Waals surface area contributed by atoms with Crippen LogP contribution >= 0.6 is 15.9 Å². The van der Waals surface area contributed by atoms with E-state index >= 15 is 0 Å². The zero-order valence-electron chi connectivity index (χ0n) is 20.2. The molecule has 3 aromatic heterocycles. The molecule has 0 unspecified atom stereocenters. The lowest BCUT2D eigenvalue weighted by atomic mass is 9.82. The Kier molecular flexibility index (Phi) is 5.93. The minimum atomic E-state index is -0.570. The van der Waals surface area contributed by atoms with Gasteiger partial charge in [-0.15, -0.1) is 5.10 Å². The second kappa shape index (κ2) is 8.93. The predicted molar refractivity (Wildman–Crippen MR) is 136 cm³/mol. The Hall–Kier alpha value is -3.51. The van der Waals surface area contributed by atoms with Crippen molar-refractivity contribution in [3.63, 3.8) is 0 Å². The average Bonchev–Trinajstić information content (AvgIpc) is 3.50. The molecule has 0 spiro atoms. The van der Waals surface area contributed by atoms with Crippen LogP contribution in [0.2, 0.25) is 0 Å². The van der Waals surface area contributed by atoms with Crippen LogP contribution < -0.4 is 4.74 Å². The van der Waals surface area contributed by atoms with Crippen molar-refractivity contribution in [2.75, 3.05) is 7.11 Å². The van der Waals surface area contributed by atoms with Gasteiger partial charge in [-0.05, 0) is 62.9 Å². The molecule has 1 atom stereocenters. The number of imidazole rings is 1. The van der Waals surface area contributed by atoms with E-state index in [1.165, 1.54) is 0 Å².